The number of ketones is 1. The second-order valence-electron chi connectivity index (χ2n) is 8.14. The number of hydrogen-bond acceptors (Lipinski definition) is 7. The van der Waals surface area contributed by atoms with Crippen molar-refractivity contribution in [3.05, 3.63) is 59.7 Å². The van der Waals surface area contributed by atoms with Crippen LogP contribution in [0.5, 0.6) is 11.5 Å². The molecule has 1 N–H and O–H groups in total. The number of carbonyl (C=O) groups is 1. The number of hydrogen-bond donors (Lipinski definition) is 1. The van der Waals surface area contributed by atoms with Crippen molar-refractivity contribution in [3.63, 3.8) is 0 Å². The molecule has 162 valence electrons. The van der Waals surface area contributed by atoms with E-state index in [-0.39, 0.29) is 23.7 Å². The molecule has 2 aliphatic rings. The first-order chi connectivity index (χ1) is 15.1. The van der Waals surface area contributed by atoms with Crippen LogP contribution in [-0.4, -0.2) is 78.8 Å². The van der Waals surface area contributed by atoms with Crippen molar-refractivity contribution in [2.75, 3.05) is 45.9 Å². The van der Waals surface area contributed by atoms with Crippen molar-refractivity contribution in [1.29, 1.82) is 5.26 Å². The Morgan fingerprint density at radius 2 is 1.68 bits per heavy atom. The van der Waals surface area contributed by atoms with E-state index in [1.165, 1.54) is 0 Å². The number of nitriles is 1. The third-order valence-corrected chi connectivity index (χ3v) is 5.66. The summed E-state index contributed by atoms with van der Waals surface area (Å²) in [6.07, 6.45) is 1.14. The van der Waals surface area contributed by atoms with E-state index in [1.54, 1.807) is 36.4 Å². The number of aromatic hydroxyl groups is 1. The molecule has 2 aromatic rings. The molecule has 0 aliphatic carbocycles. The fourth-order valence-corrected chi connectivity index (χ4v) is 4.22. The zero-order valence-electron chi connectivity index (χ0n) is 17.4. The zero-order chi connectivity index (χ0) is 21.6. The molecule has 2 aromatic carbocycles. The fourth-order valence-electron chi connectivity index (χ4n) is 4.22. The molecule has 2 atom stereocenters. The molecule has 4 rings (SSSR count). The van der Waals surface area contributed by atoms with Gasteiger partial charge in [0.1, 0.15) is 11.5 Å². The van der Waals surface area contributed by atoms with Crippen LogP contribution in [-0.2, 0) is 4.74 Å². The van der Waals surface area contributed by atoms with Crippen LogP contribution in [0.4, 0.5) is 0 Å². The van der Waals surface area contributed by atoms with Crippen LogP contribution in [0.3, 0.4) is 0 Å². The average molecular weight is 421 g/mol. The van der Waals surface area contributed by atoms with Gasteiger partial charge >= 0.3 is 0 Å². The molecule has 2 saturated heterocycles. The Hall–Kier alpha value is -2.92. The smallest absolute Gasteiger partial charge is 0.176 e. The first-order valence-corrected chi connectivity index (χ1v) is 10.6. The number of nitrogens with zero attached hydrogens (tertiary/aromatic N) is 3. The quantitative estimate of drug-likeness (QED) is 0.517. The number of carbonyl (C=O) groups excluding carboxylic acids is 1. The maximum atomic E-state index is 12.5. The topological polar surface area (TPSA) is 86.0 Å². The van der Waals surface area contributed by atoms with E-state index in [9.17, 15) is 9.90 Å². The van der Waals surface area contributed by atoms with Gasteiger partial charge in [0.05, 0.1) is 37.0 Å². The normalized spacial score (nSPS) is 21.4. The molecule has 2 unspecified atom stereocenters. The third-order valence-electron chi connectivity index (χ3n) is 5.66. The second kappa shape index (κ2) is 9.92. The molecule has 0 amide bonds. The highest BCUT2D eigenvalue weighted by Crippen LogP contribution is 2.20. The minimum Gasteiger partial charge on any atom is -0.508 e. The van der Waals surface area contributed by atoms with Gasteiger partial charge in [-0.15, -0.1) is 0 Å². The lowest BCUT2D eigenvalue weighted by Gasteiger charge is -2.45. The summed E-state index contributed by atoms with van der Waals surface area (Å²) in [4.78, 5) is 17.1. The molecule has 2 bridgehead atoms. The monoisotopic (exact) mass is 421 g/mol. The molecule has 2 aliphatic heterocycles. The number of morpholine rings is 2. The lowest BCUT2D eigenvalue weighted by atomic mass is 10.1. The van der Waals surface area contributed by atoms with Crippen LogP contribution in [0.2, 0.25) is 0 Å². The van der Waals surface area contributed by atoms with Gasteiger partial charge in [-0.1, -0.05) is 0 Å². The van der Waals surface area contributed by atoms with E-state index in [4.69, 9.17) is 14.7 Å². The molecule has 31 heavy (non-hydrogen) atoms. The lowest BCUT2D eigenvalue weighted by molar-refractivity contribution is -0.136. The second-order valence-corrected chi connectivity index (χ2v) is 8.14. The first-order valence-electron chi connectivity index (χ1n) is 10.6. The number of fused-ring (bicyclic) bond motifs is 2. The van der Waals surface area contributed by atoms with E-state index < -0.39 is 0 Å². The van der Waals surface area contributed by atoms with Gasteiger partial charge < -0.3 is 14.6 Å². The van der Waals surface area contributed by atoms with E-state index in [0.29, 0.717) is 24.3 Å². The highest BCUT2D eigenvalue weighted by Gasteiger charge is 2.35. The fraction of sp³-hybridized carbons (Fsp3) is 0.417. The van der Waals surface area contributed by atoms with Crippen molar-refractivity contribution < 1.29 is 19.4 Å². The predicted octanol–water partition coefficient (Wildman–Crippen LogP) is 2.30. The molecule has 2 heterocycles. The predicted molar refractivity (Wildman–Crippen MR) is 115 cm³/mol. The SMILES string of the molecule is N#Cc1ccc(OCCCN2CC3CN(CC(=O)c4ccc(O)cc4)CC(C2)O3)cc1. The van der Waals surface area contributed by atoms with Crippen molar-refractivity contribution >= 4 is 5.78 Å². The Bertz CT molecular complexity index is 909. The van der Waals surface area contributed by atoms with Crippen molar-refractivity contribution in [3.8, 4) is 17.6 Å². The summed E-state index contributed by atoms with van der Waals surface area (Å²) in [6, 6.07) is 15.7. The number of rotatable bonds is 8. The Labute approximate surface area is 182 Å². The van der Waals surface area contributed by atoms with Crippen LogP contribution in [0.25, 0.3) is 0 Å². The van der Waals surface area contributed by atoms with Gasteiger partial charge in [-0.3, -0.25) is 14.6 Å². The standard InChI is InChI=1S/C24H27N3O4/c25-12-18-2-8-21(9-3-18)30-11-1-10-26-13-22-15-27(16-23(14-26)31-22)17-24(29)19-4-6-20(28)7-5-19/h2-9,22-23,28H,1,10-11,13-17H2. The van der Waals surface area contributed by atoms with Gasteiger partial charge in [0, 0.05) is 38.3 Å². The van der Waals surface area contributed by atoms with Crippen LogP contribution in [0, 0.1) is 11.3 Å². The maximum Gasteiger partial charge on any atom is 0.176 e. The van der Waals surface area contributed by atoms with Crippen molar-refractivity contribution in [1.82, 2.24) is 9.80 Å². The molecule has 7 heteroatoms. The maximum absolute atomic E-state index is 12.5. The van der Waals surface area contributed by atoms with Crippen LogP contribution >= 0.6 is 0 Å². The Kier molecular flexibility index (Phi) is 6.82. The van der Waals surface area contributed by atoms with Gasteiger partial charge in [-0.2, -0.15) is 5.26 Å². The van der Waals surface area contributed by atoms with Crippen molar-refractivity contribution in [2.24, 2.45) is 0 Å². The first kappa shape index (κ1) is 21.3. The highest BCUT2D eigenvalue weighted by atomic mass is 16.5. The molecule has 2 fully saturated rings. The largest absolute Gasteiger partial charge is 0.508 e. The van der Waals surface area contributed by atoms with E-state index >= 15 is 0 Å². The number of ether oxygens (including phenoxy) is 2. The minimum absolute atomic E-state index is 0.0665. The molecular formula is C24H27N3O4. The number of phenols is 1. The Balaban J connectivity index is 1.19. The van der Waals surface area contributed by atoms with Gasteiger partial charge in [-0.25, -0.2) is 0 Å². The van der Waals surface area contributed by atoms with Gasteiger partial charge in [-0.05, 0) is 55.0 Å². The molecule has 0 radical (unpaired) electrons. The molecule has 0 spiro atoms. The molecule has 0 saturated carbocycles. The van der Waals surface area contributed by atoms with Gasteiger partial charge in [0.15, 0.2) is 5.78 Å². The third kappa shape index (κ3) is 5.82. The lowest BCUT2D eigenvalue weighted by Crippen LogP contribution is -2.60. The Morgan fingerprint density at radius 3 is 2.32 bits per heavy atom. The summed E-state index contributed by atoms with van der Waals surface area (Å²) in [7, 11) is 0. The van der Waals surface area contributed by atoms with E-state index in [1.807, 2.05) is 12.1 Å². The Morgan fingerprint density at radius 1 is 1.03 bits per heavy atom. The molecular weight excluding hydrogens is 394 g/mol. The van der Waals surface area contributed by atoms with Crippen LogP contribution < -0.4 is 4.74 Å². The van der Waals surface area contributed by atoms with E-state index in [0.717, 1.165) is 44.9 Å². The van der Waals surface area contributed by atoms with Gasteiger partial charge in [0.2, 0.25) is 0 Å². The van der Waals surface area contributed by atoms with E-state index in [2.05, 4.69) is 15.9 Å². The summed E-state index contributed by atoms with van der Waals surface area (Å²) in [5.41, 5.74) is 1.25. The van der Waals surface area contributed by atoms with Crippen LogP contribution in [0.15, 0.2) is 48.5 Å². The summed E-state index contributed by atoms with van der Waals surface area (Å²) < 4.78 is 11.9. The average Bonchev–Trinajstić information content (AvgIpc) is 2.77. The zero-order valence-corrected chi connectivity index (χ0v) is 17.4. The minimum atomic E-state index is 0.0665. The molecule has 0 aromatic heterocycles. The summed E-state index contributed by atoms with van der Waals surface area (Å²) in [6.45, 7) is 5.16. The highest BCUT2D eigenvalue weighted by molar-refractivity contribution is 5.97. The van der Waals surface area contributed by atoms with Crippen LogP contribution in [0.1, 0.15) is 22.3 Å². The van der Waals surface area contributed by atoms with Crippen molar-refractivity contribution in [2.45, 2.75) is 18.6 Å². The number of phenolic OH excluding ortho intramolecular Hbond substituents is 1. The summed E-state index contributed by atoms with van der Waals surface area (Å²) >= 11 is 0. The number of benzene rings is 2. The summed E-state index contributed by atoms with van der Waals surface area (Å²) in [5.74, 6) is 1.02. The molecule has 7 nitrogen and oxygen atoms in total. The van der Waals surface area contributed by atoms with Gasteiger partial charge in [0.25, 0.3) is 0 Å². The number of Topliss-reactive ketones (excluding diaryl/α,β-unsaturated/α-hetero) is 1. The summed E-state index contributed by atoms with van der Waals surface area (Å²) in [5, 5.41) is 18.2.